The quantitative estimate of drug-likeness (QED) is 0.439. The molecule has 0 N–H and O–H groups in total. The first-order chi connectivity index (χ1) is 14.6. The molecule has 0 aromatic heterocycles. The van der Waals surface area contributed by atoms with Gasteiger partial charge >= 0.3 is 0 Å². The van der Waals surface area contributed by atoms with E-state index < -0.39 is 22.2 Å². The van der Waals surface area contributed by atoms with E-state index in [1.807, 2.05) is 6.08 Å². The van der Waals surface area contributed by atoms with Crippen molar-refractivity contribution in [1.29, 1.82) is 5.26 Å². The van der Waals surface area contributed by atoms with Crippen LogP contribution in [-0.2, 0) is 13.6 Å². The predicted molar refractivity (Wildman–Crippen MR) is 133 cm³/mol. The van der Waals surface area contributed by atoms with Crippen molar-refractivity contribution in [2.75, 3.05) is 0 Å². The number of hydrogen-bond acceptors (Lipinski definition) is 4. The third-order valence-corrected chi connectivity index (χ3v) is 11.1. The Balaban J connectivity index is 1.80. The molecule has 0 bridgehead atoms. The molecule has 3 fully saturated rings. The van der Waals surface area contributed by atoms with E-state index in [9.17, 15) is 10.1 Å². The van der Waals surface area contributed by atoms with Crippen molar-refractivity contribution in [3.05, 3.63) is 11.6 Å². The van der Waals surface area contributed by atoms with Crippen molar-refractivity contribution in [3.8, 4) is 6.07 Å². The molecule has 6 heteroatoms. The van der Waals surface area contributed by atoms with E-state index in [2.05, 4.69) is 59.2 Å². The molecule has 0 spiro atoms. The molecule has 0 radical (unpaired) electrons. The molecule has 0 amide bonds. The molecule has 178 valence electrons. The molecule has 32 heavy (non-hydrogen) atoms. The van der Waals surface area contributed by atoms with Gasteiger partial charge in [-0.15, -0.1) is 0 Å². The van der Waals surface area contributed by atoms with Crippen LogP contribution >= 0.6 is 0 Å². The number of ketones is 1. The molecule has 4 aliphatic rings. The van der Waals surface area contributed by atoms with Crippen molar-refractivity contribution >= 4 is 22.4 Å². The summed E-state index contributed by atoms with van der Waals surface area (Å²) in [7, 11) is -3.71. The standard InChI is InChI=1S/C26H43NO3Si2/c1-24-13-11-19(28)15-18(24)9-10-20-21-12-14-26(17-27,30-32(6,7)8)25(21,2)16-22(23(20)24)29-31(3,4)5/h15,20-23H,9-14,16H2,1-8H3/t20?,21?,22?,23?,24-,25-,26-/m0/s1. The minimum atomic E-state index is -1.90. The number of nitrogens with zero attached hydrogens (tertiary/aromatic N) is 1. The predicted octanol–water partition coefficient (Wildman–Crippen LogP) is 6.46. The summed E-state index contributed by atoms with van der Waals surface area (Å²) in [6.45, 7) is 18.3. The van der Waals surface area contributed by atoms with Gasteiger partial charge in [-0.05, 0) is 107 Å². The Labute approximate surface area is 197 Å². The SMILES string of the molecule is C[C@]12CCC(=O)C=C1CCC1C2C(O[Si](C)(C)C)C[C@@]2(C)C1CC[C@@]2(C#N)O[Si](C)(C)C. The highest BCUT2D eigenvalue weighted by atomic mass is 28.4. The molecule has 4 aliphatic carbocycles. The summed E-state index contributed by atoms with van der Waals surface area (Å²) in [4.78, 5) is 12.3. The van der Waals surface area contributed by atoms with Crippen LogP contribution in [0.25, 0.3) is 0 Å². The zero-order valence-electron chi connectivity index (χ0n) is 21.5. The number of carbonyl (C=O) groups is 1. The molecule has 7 atom stereocenters. The van der Waals surface area contributed by atoms with Gasteiger partial charge in [0.1, 0.15) is 5.60 Å². The normalized spacial score (nSPS) is 44.2. The Kier molecular flexibility index (Phi) is 5.81. The van der Waals surface area contributed by atoms with Crippen LogP contribution < -0.4 is 0 Å². The topological polar surface area (TPSA) is 59.3 Å². The van der Waals surface area contributed by atoms with Crippen LogP contribution in [0, 0.1) is 39.9 Å². The van der Waals surface area contributed by atoms with E-state index in [1.165, 1.54) is 5.57 Å². The van der Waals surface area contributed by atoms with Crippen LogP contribution in [0.1, 0.15) is 58.8 Å². The average Bonchev–Trinajstić information content (AvgIpc) is 2.91. The Hall–Kier alpha value is -0.746. The van der Waals surface area contributed by atoms with E-state index in [-0.39, 0.29) is 16.9 Å². The number of hydrogen-bond donors (Lipinski definition) is 0. The van der Waals surface area contributed by atoms with Gasteiger partial charge in [0.25, 0.3) is 0 Å². The fourth-order valence-corrected chi connectivity index (χ4v) is 10.7. The van der Waals surface area contributed by atoms with E-state index in [1.54, 1.807) is 0 Å². The number of fused-ring (bicyclic) bond motifs is 5. The summed E-state index contributed by atoms with van der Waals surface area (Å²) >= 11 is 0. The molecule has 0 saturated heterocycles. The lowest BCUT2D eigenvalue weighted by atomic mass is 9.45. The number of rotatable bonds is 4. The largest absolute Gasteiger partial charge is 0.414 e. The lowest BCUT2D eigenvalue weighted by Crippen LogP contribution is -2.62. The van der Waals surface area contributed by atoms with Crippen LogP contribution in [0.4, 0.5) is 0 Å². The molecular weight excluding hydrogens is 430 g/mol. The number of nitriles is 1. The summed E-state index contributed by atoms with van der Waals surface area (Å²) in [6, 6.07) is 2.74. The van der Waals surface area contributed by atoms with E-state index in [0.717, 1.165) is 38.5 Å². The Bertz CT molecular complexity index is 866. The summed E-state index contributed by atoms with van der Waals surface area (Å²) < 4.78 is 13.8. The van der Waals surface area contributed by atoms with Crippen LogP contribution in [0.3, 0.4) is 0 Å². The Morgan fingerprint density at radius 2 is 1.72 bits per heavy atom. The zero-order chi connectivity index (χ0) is 23.7. The summed E-state index contributed by atoms with van der Waals surface area (Å²) in [6.07, 6.45) is 8.66. The van der Waals surface area contributed by atoms with Crippen molar-refractivity contribution in [2.24, 2.45) is 28.6 Å². The van der Waals surface area contributed by atoms with Gasteiger partial charge in [-0.25, -0.2) is 0 Å². The third-order valence-electron chi connectivity index (χ3n) is 9.16. The monoisotopic (exact) mass is 473 g/mol. The maximum atomic E-state index is 12.3. The average molecular weight is 474 g/mol. The van der Waals surface area contributed by atoms with Gasteiger partial charge in [0, 0.05) is 17.9 Å². The van der Waals surface area contributed by atoms with Gasteiger partial charge < -0.3 is 8.85 Å². The minimum Gasteiger partial charge on any atom is -0.414 e. The highest BCUT2D eigenvalue weighted by molar-refractivity contribution is 6.70. The highest BCUT2D eigenvalue weighted by Crippen LogP contribution is 2.69. The first kappa shape index (κ1) is 24.4. The van der Waals surface area contributed by atoms with Crippen molar-refractivity contribution < 1.29 is 13.6 Å². The second kappa shape index (κ2) is 7.63. The van der Waals surface area contributed by atoms with Crippen molar-refractivity contribution in [1.82, 2.24) is 0 Å². The second-order valence-corrected chi connectivity index (χ2v) is 22.4. The molecule has 0 aromatic rings. The third kappa shape index (κ3) is 3.81. The van der Waals surface area contributed by atoms with E-state index >= 15 is 0 Å². The molecule has 0 aromatic carbocycles. The van der Waals surface area contributed by atoms with Gasteiger partial charge in [-0.1, -0.05) is 19.4 Å². The van der Waals surface area contributed by atoms with E-state index in [0.29, 0.717) is 30.0 Å². The van der Waals surface area contributed by atoms with Crippen LogP contribution in [0.15, 0.2) is 11.6 Å². The van der Waals surface area contributed by atoms with Gasteiger partial charge in [-0.2, -0.15) is 5.26 Å². The van der Waals surface area contributed by atoms with Crippen LogP contribution in [0.5, 0.6) is 0 Å². The smallest absolute Gasteiger partial charge is 0.185 e. The minimum absolute atomic E-state index is 0.0417. The second-order valence-electron chi connectivity index (χ2n) is 13.5. The molecular formula is C26H43NO3Si2. The van der Waals surface area contributed by atoms with E-state index in [4.69, 9.17) is 8.85 Å². The van der Waals surface area contributed by atoms with Crippen LogP contribution in [-0.4, -0.2) is 34.1 Å². The highest BCUT2D eigenvalue weighted by Gasteiger charge is 2.68. The van der Waals surface area contributed by atoms with Crippen molar-refractivity contribution in [2.45, 2.75) is 110 Å². The summed E-state index contributed by atoms with van der Waals surface area (Å²) in [5.74, 6) is 1.75. The number of carbonyl (C=O) groups excluding carboxylic acids is 1. The Morgan fingerprint density at radius 3 is 2.31 bits per heavy atom. The molecule has 0 aliphatic heterocycles. The molecule has 3 saturated carbocycles. The lowest BCUT2D eigenvalue weighted by molar-refractivity contribution is -0.147. The van der Waals surface area contributed by atoms with Crippen LogP contribution in [0.2, 0.25) is 39.3 Å². The molecule has 0 heterocycles. The maximum Gasteiger partial charge on any atom is 0.185 e. The number of allylic oxidation sites excluding steroid dienone is 1. The summed E-state index contributed by atoms with van der Waals surface area (Å²) in [5.41, 5.74) is 0.522. The van der Waals surface area contributed by atoms with Gasteiger partial charge in [0.05, 0.1) is 6.07 Å². The molecule has 4 rings (SSSR count). The van der Waals surface area contributed by atoms with Gasteiger partial charge in [-0.3, -0.25) is 4.79 Å². The van der Waals surface area contributed by atoms with Gasteiger partial charge in [0.15, 0.2) is 22.4 Å². The lowest BCUT2D eigenvalue weighted by Gasteiger charge is -2.62. The molecule has 4 unspecified atom stereocenters. The first-order valence-electron chi connectivity index (χ1n) is 12.7. The Morgan fingerprint density at radius 1 is 1.03 bits per heavy atom. The molecule has 4 nitrogen and oxygen atoms in total. The summed E-state index contributed by atoms with van der Waals surface area (Å²) in [5, 5.41) is 10.5. The maximum absolute atomic E-state index is 12.3. The van der Waals surface area contributed by atoms with Crippen molar-refractivity contribution in [3.63, 3.8) is 0 Å². The zero-order valence-corrected chi connectivity index (χ0v) is 23.5. The fourth-order valence-electron chi connectivity index (χ4n) is 8.10. The first-order valence-corrected chi connectivity index (χ1v) is 19.5. The van der Waals surface area contributed by atoms with Gasteiger partial charge in [0.2, 0.25) is 0 Å². The fraction of sp³-hybridized carbons (Fsp3) is 0.846.